The number of hydrogen-bond acceptors (Lipinski definition) is 4. The van der Waals surface area contributed by atoms with E-state index in [1.807, 2.05) is 0 Å². The molecule has 2 unspecified atom stereocenters. The van der Waals surface area contributed by atoms with Crippen LogP contribution >= 0.6 is 0 Å². The van der Waals surface area contributed by atoms with Gasteiger partial charge >= 0.3 is 5.97 Å². The maximum absolute atomic E-state index is 9.86. The Bertz CT molecular complexity index is 95.3. The average Bonchev–Trinajstić information content (AvgIpc) is 1.64. The molecule has 64 valence electrons. The number of carbonyl (C=O) groups is 1. The van der Waals surface area contributed by atoms with E-state index >= 15 is 0 Å². The number of nitrogens with two attached hydrogens (primary N) is 1. The summed E-state index contributed by atoms with van der Waals surface area (Å²) in [5, 5.41) is 16.6. The van der Waals surface area contributed by atoms with Crippen LogP contribution < -0.4 is 11.9 Å². The van der Waals surface area contributed by atoms with Gasteiger partial charge in [-0.2, -0.15) is 0 Å². The molecule has 6 nitrogen and oxygen atoms in total. The third-order valence-corrected chi connectivity index (χ3v) is 0.805. The topological polar surface area (TPSA) is 150 Å². The van der Waals surface area contributed by atoms with E-state index in [2.05, 4.69) is 0 Å². The summed E-state index contributed by atoms with van der Waals surface area (Å²) in [6, 6.07) is -1.16. The standard InChI is InChI=1S/C4H9NO3.H3N.H2O/c1-2(6)3(5)4(7)8;;/h2-3,6H,5H2,1H3,(H,7,8);1H3;1H2. The van der Waals surface area contributed by atoms with Crippen molar-refractivity contribution in [1.82, 2.24) is 6.15 Å². The molecule has 0 aliphatic carbocycles. The van der Waals surface area contributed by atoms with Gasteiger partial charge in [0.05, 0.1) is 6.10 Å². The molecule has 0 bridgehead atoms. The molecule has 0 saturated carbocycles. The molecule has 0 rings (SSSR count). The van der Waals surface area contributed by atoms with Crippen molar-refractivity contribution in [2.75, 3.05) is 0 Å². The maximum atomic E-state index is 9.86. The van der Waals surface area contributed by atoms with Crippen LogP contribution in [0.25, 0.3) is 0 Å². The Morgan fingerprint density at radius 3 is 1.90 bits per heavy atom. The van der Waals surface area contributed by atoms with E-state index in [1.54, 1.807) is 0 Å². The van der Waals surface area contributed by atoms with Crippen molar-refractivity contribution in [3.63, 3.8) is 0 Å². The highest BCUT2D eigenvalue weighted by atomic mass is 16.4. The summed E-state index contributed by atoms with van der Waals surface area (Å²) in [5.41, 5.74) is 4.91. The lowest BCUT2D eigenvalue weighted by Gasteiger charge is -2.06. The number of aliphatic hydroxyl groups excluding tert-OH is 1. The zero-order valence-corrected chi connectivity index (χ0v) is 5.74. The molecule has 10 heavy (non-hydrogen) atoms. The molecule has 0 amide bonds. The second-order valence-electron chi connectivity index (χ2n) is 1.60. The van der Waals surface area contributed by atoms with Crippen LogP contribution in [0.15, 0.2) is 0 Å². The number of aliphatic hydroxyl groups is 1. The van der Waals surface area contributed by atoms with E-state index in [0.29, 0.717) is 0 Å². The fraction of sp³-hybridized carbons (Fsp3) is 0.750. The zero-order chi connectivity index (χ0) is 6.73. The lowest BCUT2D eigenvalue weighted by molar-refractivity contribution is -0.140. The lowest BCUT2D eigenvalue weighted by atomic mass is 10.2. The van der Waals surface area contributed by atoms with Gasteiger partial charge in [0, 0.05) is 0 Å². The van der Waals surface area contributed by atoms with Crippen LogP contribution in [0.3, 0.4) is 0 Å². The Morgan fingerprint density at radius 1 is 1.60 bits per heavy atom. The van der Waals surface area contributed by atoms with Crippen LogP contribution in [0.4, 0.5) is 0 Å². The first-order chi connectivity index (χ1) is 3.55. The Hall–Kier alpha value is -0.690. The number of carboxylic acid groups (broad SMARTS) is 1. The largest absolute Gasteiger partial charge is 0.480 e. The van der Waals surface area contributed by atoms with Crippen molar-refractivity contribution in [2.24, 2.45) is 5.73 Å². The molecule has 6 heteroatoms. The molecular weight excluding hydrogens is 140 g/mol. The van der Waals surface area contributed by atoms with Gasteiger partial charge in [-0.1, -0.05) is 0 Å². The highest BCUT2D eigenvalue weighted by Gasteiger charge is 2.16. The minimum absolute atomic E-state index is 0. The Kier molecular flexibility index (Phi) is 10.4. The van der Waals surface area contributed by atoms with Crippen molar-refractivity contribution in [3.8, 4) is 0 Å². The van der Waals surface area contributed by atoms with Crippen molar-refractivity contribution in [1.29, 1.82) is 0 Å². The smallest absolute Gasteiger partial charge is 0.323 e. The second-order valence-corrected chi connectivity index (χ2v) is 1.60. The summed E-state index contributed by atoms with van der Waals surface area (Å²) >= 11 is 0. The number of hydrogen-bond donors (Lipinski definition) is 4. The Labute approximate surface area is 58.5 Å². The maximum Gasteiger partial charge on any atom is 0.323 e. The third kappa shape index (κ3) is 5.45. The molecule has 0 aliphatic rings. The molecule has 0 aromatic rings. The minimum Gasteiger partial charge on any atom is -0.480 e. The van der Waals surface area contributed by atoms with Gasteiger partial charge in [-0.25, -0.2) is 0 Å². The van der Waals surface area contributed by atoms with E-state index in [-0.39, 0.29) is 11.6 Å². The predicted molar refractivity (Wildman–Crippen MR) is 35.9 cm³/mol. The molecule has 2 atom stereocenters. The molecule has 0 aromatic heterocycles. The molecular formula is C4H14N2O4. The van der Waals surface area contributed by atoms with Gasteiger partial charge in [0.15, 0.2) is 0 Å². The summed E-state index contributed by atoms with van der Waals surface area (Å²) in [6.45, 7) is 1.33. The van der Waals surface area contributed by atoms with E-state index < -0.39 is 18.1 Å². The van der Waals surface area contributed by atoms with Gasteiger partial charge < -0.3 is 27.6 Å². The fourth-order valence-corrected chi connectivity index (χ4v) is 0.206. The van der Waals surface area contributed by atoms with Crippen LogP contribution in [-0.2, 0) is 4.79 Å². The van der Waals surface area contributed by atoms with Gasteiger partial charge in [-0.05, 0) is 6.92 Å². The Balaban J connectivity index is -0.000000245. The number of aliphatic carboxylic acids is 1. The van der Waals surface area contributed by atoms with Crippen LogP contribution in [0.5, 0.6) is 0 Å². The summed E-state index contributed by atoms with van der Waals surface area (Å²) in [4.78, 5) is 9.86. The summed E-state index contributed by atoms with van der Waals surface area (Å²) in [7, 11) is 0. The molecule has 0 saturated heterocycles. The Morgan fingerprint density at radius 2 is 1.90 bits per heavy atom. The van der Waals surface area contributed by atoms with Crippen LogP contribution in [0.2, 0.25) is 0 Å². The number of rotatable bonds is 2. The van der Waals surface area contributed by atoms with Gasteiger partial charge in [-0.15, -0.1) is 0 Å². The summed E-state index contributed by atoms with van der Waals surface area (Å²) < 4.78 is 0. The van der Waals surface area contributed by atoms with Gasteiger partial charge in [0.25, 0.3) is 0 Å². The average molecular weight is 154 g/mol. The SMILES string of the molecule is CC(O)C(N)C(=O)O.N.O. The summed E-state index contributed by atoms with van der Waals surface area (Å²) in [6.07, 6.45) is -0.979. The molecule has 0 fully saturated rings. The fourth-order valence-electron chi connectivity index (χ4n) is 0.206. The second kappa shape index (κ2) is 6.43. The lowest BCUT2D eigenvalue weighted by Crippen LogP contribution is -2.39. The molecule has 0 aromatic carbocycles. The van der Waals surface area contributed by atoms with Crippen LogP contribution in [0.1, 0.15) is 6.92 Å². The highest BCUT2D eigenvalue weighted by molar-refractivity contribution is 5.73. The highest BCUT2D eigenvalue weighted by Crippen LogP contribution is 1.85. The van der Waals surface area contributed by atoms with Gasteiger partial charge in [0.1, 0.15) is 6.04 Å². The van der Waals surface area contributed by atoms with Crippen LogP contribution in [0, 0.1) is 0 Å². The van der Waals surface area contributed by atoms with Crippen molar-refractivity contribution >= 4 is 5.97 Å². The van der Waals surface area contributed by atoms with Gasteiger partial charge in [-0.3, -0.25) is 4.79 Å². The van der Waals surface area contributed by atoms with E-state index in [1.165, 1.54) is 6.92 Å². The van der Waals surface area contributed by atoms with Crippen molar-refractivity contribution in [2.45, 2.75) is 19.1 Å². The van der Waals surface area contributed by atoms with Crippen LogP contribution in [-0.4, -0.2) is 33.8 Å². The molecule has 0 radical (unpaired) electrons. The molecule has 9 N–H and O–H groups in total. The van der Waals surface area contributed by atoms with Gasteiger partial charge in [0.2, 0.25) is 0 Å². The first-order valence-corrected chi connectivity index (χ1v) is 2.22. The number of carboxylic acids is 1. The molecule has 0 heterocycles. The van der Waals surface area contributed by atoms with E-state index in [4.69, 9.17) is 15.9 Å². The van der Waals surface area contributed by atoms with E-state index in [9.17, 15) is 4.79 Å². The van der Waals surface area contributed by atoms with Crippen molar-refractivity contribution in [3.05, 3.63) is 0 Å². The molecule has 0 aliphatic heterocycles. The predicted octanol–water partition coefficient (Wildman–Crippen LogP) is -1.88. The first-order valence-electron chi connectivity index (χ1n) is 2.22. The molecule has 0 spiro atoms. The zero-order valence-electron chi connectivity index (χ0n) is 5.74. The third-order valence-electron chi connectivity index (χ3n) is 0.805. The van der Waals surface area contributed by atoms with E-state index in [0.717, 1.165) is 0 Å². The monoisotopic (exact) mass is 154 g/mol. The normalized spacial score (nSPS) is 13.9. The quantitative estimate of drug-likeness (QED) is 0.367. The van der Waals surface area contributed by atoms with Crippen molar-refractivity contribution < 1.29 is 20.5 Å². The minimum atomic E-state index is -1.18. The first kappa shape index (κ1) is 16.1. The summed E-state index contributed by atoms with van der Waals surface area (Å²) in [5.74, 6) is -1.18.